The molecule has 2 amide bonds. The van der Waals surface area contributed by atoms with Crippen LogP contribution in [0.5, 0.6) is 0 Å². The minimum absolute atomic E-state index is 0.223. The number of carbonyl (C=O) groups is 1. The third-order valence-electron chi connectivity index (χ3n) is 5.03. The lowest BCUT2D eigenvalue weighted by atomic mass is 10.3. The highest BCUT2D eigenvalue weighted by atomic mass is 19.2. The van der Waals surface area contributed by atoms with Crippen LogP contribution in [0.4, 0.5) is 30.9 Å². The number of hydrogen-bond acceptors (Lipinski definition) is 6. The fraction of sp³-hybridized carbons (Fsp3) is 0.421. The predicted octanol–water partition coefficient (Wildman–Crippen LogP) is 1.95. The summed E-state index contributed by atoms with van der Waals surface area (Å²) in [6.07, 6.45) is 0. The molecule has 2 aliphatic heterocycles. The lowest BCUT2D eigenvalue weighted by Crippen LogP contribution is -2.50. The molecular formula is C19H22F2N6O2. The first-order chi connectivity index (χ1) is 14.1. The maximum absolute atomic E-state index is 13.3. The van der Waals surface area contributed by atoms with Crippen LogP contribution in [0.1, 0.15) is 0 Å². The molecule has 10 heteroatoms. The molecule has 4 rings (SSSR count). The van der Waals surface area contributed by atoms with Crippen LogP contribution >= 0.6 is 0 Å². The van der Waals surface area contributed by atoms with Crippen molar-refractivity contribution in [3.63, 3.8) is 0 Å². The van der Waals surface area contributed by atoms with Gasteiger partial charge in [-0.2, -0.15) is 0 Å². The van der Waals surface area contributed by atoms with E-state index < -0.39 is 11.6 Å². The minimum atomic E-state index is -0.994. The van der Waals surface area contributed by atoms with Gasteiger partial charge in [-0.1, -0.05) is 0 Å². The van der Waals surface area contributed by atoms with Crippen LogP contribution in [0.25, 0.3) is 0 Å². The first-order valence-corrected chi connectivity index (χ1v) is 9.52. The average Bonchev–Trinajstić information content (AvgIpc) is 2.77. The zero-order chi connectivity index (χ0) is 20.2. The molecule has 0 unspecified atom stereocenters. The molecule has 0 saturated carbocycles. The van der Waals surface area contributed by atoms with Crippen molar-refractivity contribution in [3.8, 4) is 0 Å². The highest BCUT2D eigenvalue weighted by Crippen LogP contribution is 2.18. The quantitative estimate of drug-likeness (QED) is 0.843. The molecule has 2 saturated heterocycles. The van der Waals surface area contributed by atoms with E-state index in [1.807, 2.05) is 12.1 Å². The number of morpholine rings is 1. The zero-order valence-corrected chi connectivity index (χ0v) is 15.9. The molecule has 154 valence electrons. The standard InChI is InChI=1S/C19H22F2N6O2/c20-15-2-1-14(13-16(15)21)22-19(28)27-7-5-25(6-8-27)17-3-4-18(24-23-17)26-9-11-29-12-10-26/h1-4,13H,5-12H2,(H,22,28). The summed E-state index contributed by atoms with van der Waals surface area (Å²) in [5, 5.41) is 11.2. The van der Waals surface area contributed by atoms with Crippen molar-refractivity contribution >= 4 is 23.4 Å². The number of piperazine rings is 1. The first-order valence-electron chi connectivity index (χ1n) is 9.52. The third-order valence-corrected chi connectivity index (χ3v) is 5.03. The number of anilines is 3. The van der Waals surface area contributed by atoms with Gasteiger partial charge in [0.15, 0.2) is 23.3 Å². The minimum Gasteiger partial charge on any atom is -0.378 e. The molecule has 2 aliphatic rings. The summed E-state index contributed by atoms with van der Waals surface area (Å²) in [6, 6.07) is 6.84. The number of carbonyl (C=O) groups excluding carboxylic acids is 1. The van der Waals surface area contributed by atoms with Gasteiger partial charge in [-0.25, -0.2) is 13.6 Å². The van der Waals surface area contributed by atoms with Crippen molar-refractivity contribution in [2.24, 2.45) is 0 Å². The van der Waals surface area contributed by atoms with E-state index in [9.17, 15) is 13.6 Å². The zero-order valence-electron chi connectivity index (χ0n) is 15.9. The Kier molecular flexibility index (Phi) is 5.70. The highest BCUT2D eigenvalue weighted by Gasteiger charge is 2.23. The Balaban J connectivity index is 1.30. The summed E-state index contributed by atoms with van der Waals surface area (Å²) in [4.78, 5) is 18.2. The van der Waals surface area contributed by atoms with Gasteiger partial charge >= 0.3 is 6.03 Å². The van der Waals surface area contributed by atoms with Gasteiger partial charge in [-0.15, -0.1) is 10.2 Å². The van der Waals surface area contributed by atoms with Gasteiger partial charge in [0.25, 0.3) is 0 Å². The van der Waals surface area contributed by atoms with Crippen molar-refractivity contribution in [2.45, 2.75) is 0 Å². The monoisotopic (exact) mass is 404 g/mol. The van der Waals surface area contributed by atoms with Crippen LogP contribution in [-0.4, -0.2) is 73.6 Å². The van der Waals surface area contributed by atoms with Gasteiger partial charge in [0.05, 0.1) is 13.2 Å². The Labute approximate surface area is 167 Å². The van der Waals surface area contributed by atoms with Crippen LogP contribution in [0.15, 0.2) is 30.3 Å². The second kappa shape index (κ2) is 8.56. The van der Waals surface area contributed by atoms with Crippen LogP contribution in [0.3, 0.4) is 0 Å². The number of rotatable bonds is 3. The normalized spacial score (nSPS) is 17.4. The third kappa shape index (κ3) is 4.53. The van der Waals surface area contributed by atoms with Crippen LogP contribution in [0, 0.1) is 11.6 Å². The number of nitrogens with zero attached hydrogens (tertiary/aromatic N) is 5. The maximum Gasteiger partial charge on any atom is 0.321 e. The van der Waals surface area contributed by atoms with Crippen molar-refractivity contribution in [1.29, 1.82) is 0 Å². The molecule has 0 atom stereocenters. The van der Waals surface area contributed by atoms with Crippen LogP contribution in [0.2, 0.25) is 0 Å². The molecule has 0 spiro atoms. The molecule has 0 aliphatic carbocycles. The van der Waals surface area contributed by atoms with Crippen molar-refractivity contribution in [1.82, 2.24) is 15.1 Å². The van der Waals surface area contributed by atoms with Gasteiger partial charge in [-0.3, -0.25) is 0 Å². The fourth-order valence-corrected chi connectivity index (χ4v) is 3.36. The predicted molar refractivity (Wildman–Crippen MR) is 104 cm³/mol. The van der Waals surface area contributed by atoms with Gasteiger partial charge in [-0.05, 0) is 24.3 Å². The SMILES string of the molecule is O=C(Nc1ccc(F)c(F)c1)N1CCN(c2ccc(N3CCOCC3)nn2)CC1. The second-order valence-electron chi connectivity index (χ2n) is 6.88. The number of urea groups is 1. The van der Waals surface area contributed by atoms with Crippen LogP contribution in [-0.2, 0) is 4.74 Å². The Hall–Kier alpha value is -3.01. The summed E-state index contributed by atoms with van der Waals surface area (Å²) < 4.78 is 31.6. The molecule has 1 aromatic carbocycles. The van der Waals surface area contributed by atoms with Crippen molar-refractivity contribution < 1.29 is 18.3 Å². The van der Waals surface area contributed by atoms with E-state index in [0.717, 1.165) is 36.9 Å². The lowest BCUT2D eigenvalue weighted by Gasteiger charge is -2.35. The topological polar surface area (TPSA) is 73.8 Å². The number of halogens is 2. The number of nitrogens with one attached hydrogen (secondary N) is 1. The molecule has 1 N–H and O–H groups in total. The molecule has 0 radical (unpaired) electrons. The molecule has 1 aromatic heterocycles. The van der Waals surface area contributed by atoms with Crippen molar-refractivity contribution in [2.75, 3.05) is 67.6 Å². The number of aromatic nitrogens is 2. The molecule has 8 nitrogen and oxygen atoms in total. The van der Waals surface area contributed by atoms with E-state index >= 15 is 0 Å². The largest absolute Gasteiger partial charge is 0.378 e. The van der Waals surface area contributed by atoms with Crippen molar-refractivity contribution in [3.05, 3.63) is 42.0 Å². The fourth-order valence-electron chi connectivity index (χ4n) is 3.36. The van der Waals surface area contributed by atoms with E-state index in [-0.39, 0.29) is 11.7 Å². The van der Waals surface area contributed by atoms with E-state index in [0.29, 0.717) is 39.4 Å². The molecular weight excluding hydrogens is 382 g/mol. The van der Waals surface area contributed by atoms with Gasteiger partial charge in [0.1, 0.15) is 0 Å². The molecule has 0 bridgehead atoms. The summed E-state index contributed by atoms with van der Waals surface area (Å²) in [5.74, 6) is -0.339. The summed E-state index contributed by atoms with van der Waals surface area (Å²) in [6.45, 7) is 5.19. The van der Waals surface area contributed by atoms with E-state index in [2.05, 4.69) is 25.3 Å². The van der Waals surface area contributed by atoms with Gasteiger partial charge < -0.3 is 24.8 Å². The van der Waals surface area contributed by atoms with Gasteiger partial charge in [0, 0.05) is 51.0 Å². The molecule has 2 fully saturated rings. The highest BCUT2D eigenvalue weighted by molar-refractivity contribution is 5.89. The van der Waals surface area contributed by atoms with Gasteiger partial charge in [0.2, 0.25) is 0 Å². The number of benzene rings is 1. The summed E-state index contributed by atoms with van der Waals surface area (Å²) >= 11 is 0. The molecule has 2 aromatic rings. The van der Waals surface area contributed by atoms with Crippen LogP contribution < -0.4 is 15.1 Å². The Bertz CT molecular complexity index is 852. The Morgan fingerprint density at radius 2 is 1.48 bits per heavy atom. The lowest BCUT2D eigenvalue weighted by molar-refractivity contribution is 0.122. The molecule has 29 heavy (non-hydrogen) atoms. The Morgan fingerprint density at radius 1 is 0.862 bits per heavy atom. The molecule has 3 heterocycles. The summed E-state index contributed by atoms with van der Waals surface area (Å²) in [7, 11) is 0. The van der Waals surface area contributed by atoms with E-state index in [1.54, 1.807) is 4.90 Å². The Morgan fingerprint density at radius 3 is 2.07 bits per heavy atom. The summed E-state index contributed by atoms with van der Waals surface area (Å²) in [5.41, 5.74) is 0.223. The van der Waals surface area contributed by atoms with E-state index in [4.69, 9.17) is 4.74 Å². The number of ether oxygens (including phenoxy) is 1. The maximum atomic E-state index is 13.3. The average molecular weight is 404 g/mol. The number of hydrogen-bond donors (Lipinski definition) is 1. The second-order valence-corrected chi connectivity index (χ2v) is 6.88. The first kappa shape index (κ1) is 19.3. The smallest absolute Gasteiger partial charge is 0.321 e. The van der Waals surface area contributed by atoms with E-state index in [1.165, 1.54) is 6.07 Å². The number of amides is 2.